The molecule has 0 aliphatic heterocycles. The van der Waals surface area contributed by atoms with E-state index in [1.807, 2.05) is 0 Å². The van der Waals surface area contributed by atoms with Crippen LogP contribution < -0.4 is 5.32 Å². The average molecular weight is 305 g/mol. The van der Waals surface area contributed by atoms with Crippen LogP contribution in [0.5, 0.6) is 0 Å². The van der Waals surface area contributed by atoms with Crippen molar-refractivity contribution in [1.29, 1.82) is 0 Å². The molecule has 116 valence electrons. The topological polar surface area (TPSA) is 49.3 Å². The van der Waals surface area contributed by atoms with Crippen molar-refractivity contribution in [1.82, 2.24) is 5.32 Å². The van der Waals surface area contributed by atoms with Crippen molar-refractivity contribution >= 4 is 5.91 Å². The minimum absolute atomic E-state index is 0.0674. The van der Waals surface area contributed by atoms with E-state index in [0.29, 0.717) is 18.9 Å². The monoisotopic (exact) mass is 305 g/mol. The van der Waals surface area contributed by atoms with Gasteiger partial charge >= 0.3 is 6.18 Å². The predicted molar refractivity (Wildman–Crippen MR) is 67.1 cm³/mol. The molecule has 0 aromatic heterocycles. The number of nitrogens with one attached hydrogen (secondary N) is 1. The summed E-state index contributed by atoms with van der Waals surface area (Å²) in [6.45, 7) is 0.214. The molecule has 1 aromatic rings. The first-order valence-electron chi connectivity index (χ1n) is 6.61. The van der Waals surface area contributed by atoms with Gasteiger partial charge in [0, 0.05) is 6.54 Å². The van der Waals surface area contributed by atoms with Gasteiger partial charge in [-0.05, 0) is 37.3 Å². The summed E-state index contributed by atoms with van der Waals surface area (Å²) < 4.78 is 51.5. The Balaban J connectivity index is 2.06. The zero-order valence-electron chi connectivity index (χ0n) is 11.1. The molecule has 2 N–H and O–H groups in total. The normalized spacial score (nSPS) is 22.3. The highest BCUT2D eigenvalue weighted by atomic mass is 19.4. The molecule has 0 saturated heterocycles. The lowest BCUT2D eigenvalue weighted by Crippen LogP contribution is -2.30. The Kier molecular flexibility index (Phi) is 4.51. The zero-order chi connectivity index (χ0) is 15.6. The van der Waals surface area contributed by atoms with Gasteiger partial charge in [-0.25, -0.2) is 4.39 Å². The van der Waals surface area contributed by atoms with Crippen molar-refractivity contribution in [3.05, 3.63) is 35.1 Å². The minimum Gasteiger partial charge on any atom is -0.393 e. The van der Waals surface area contributed by atoms with Crippen LogP contribution in [0.1, 0.15) is 35.2 Å². The quantitative estimate of drug-likeness (QED) is 0.844. The van der Waals surface area contributed by atoms with E-state index in [2.05, 4.69) is 5.32 Å². The van der Waals surface area contributed by atoms with Crippen molar-refractivity contribution < 1.29 is 27.5 Å². The summed E-state index contributed by atoms with van der Waals surface area (Å²) in [6, 6.07) is 2.61. The minimum atomic E-state index is -4.84. The summed E-state index contributed by atoms with van der Waals surface area (Å²) in [6.07, 6.45) is -3.34. The molecule has 2 rings (SSSR count). The molecule has 3 nitrogen and oxygen atoms in total. The number of carbonyl (C=O) groups is 1. The van der Waals surface area contributed by atoms with E-state index in [9.17, 15) is 27.5 Å². The Morgan fingerprint density at radius 2 is 2.05 bits per heavy atom. The van der Waals surface area contributed by atoms with Gasteiger partial charge in [0.15, 0.2) is 0 Å². The molecule has 0 radical (unpaired) electrons. The van der Waals surface area contributed by atoms with Crippen LogP contribution >= 0.6 is 0 Å². The summed E-state index contributed by atoms with van der Waals surface area (Å²) in [5.41, 5.74) is -2.07. The number of rotatable bonds is 3. The first kappa shape index (κ1) is 15.8. The van der Waals surface area contributed by atoms with E-state index in [0.717, 1.165) is 18.6 Å². The molecule has 0 heterocycles. The van der Waals surface area contributed by atoms with Gasteiger partial charge in [0.05, 0.1) is 17.2 Å². The standard InChI is InChI=1S/C14H15F4NO2/c15-12-10(2-1-3-11(12)14(16,17)18)13(21)19-7-8-4-5-9(20)6-8/h1-3,8-9,20H,4-7H2,(H,19,21). The molecule has 1 aliphatic rings. The van der Waals surface area contributed by atoms with E-state index in [1.165, 1.54) is 0 Å². The van der Waals surface area contributed by atoms with Crippen LogP contribution in [0, 0.1) is 11.7 Å². The number of aliphatic hydroxyl groups excluding tert-OH is 1. The van der Waals surface area contributed by atoms with Gasteiger partial charge in [-0.2, -0.15) is 13.2 Å². The third-order valence-corrected chi connectivity index (χ3v) is 3.61. The highest BCUT2D eigenvalue weighted by molar-refractivity contribution is 5.94. The van der Waals surface area contributed by atoms with E-state index >= 15 is 0 Å². The summed E-state index contributed by atoms with van der Waals surface area (Å²) in [7, 11) is 0. The molecule has 1 amide bonds. The Hall–Kier alpha value is -1.63. The van der Waals surface area contributed by atoms with Gasteiger partial charge in [0.2, 0.25) is 0 Å². The largest absolute Gasteiger partial charge is 0.419 e. The van der Waals surface area contributed by atoms with Gasteiger partial charge in [-0.3, -0.25) is 4.79 Å². The number of hydrogen-bond donors (Lipinski definition) is 2. The fourth-order valence-corrected chi connectivity index (χ4v) is 2.49. The van der Waals surface area contributed by atoms with E-state index < -0.39 is 35.1 Å². The predicted octanol–water partition coefficient (Wildman–Crippen LogP) is 2.74. The first-order chi connectivity index (χ1) is 9.79. The molecule has 0 spiro atoms. The third-order valence-electron chi connectivity index (χ3n) is 3.61. The first-order valence-corrected chi connectivity index (χ1v) is 6.61. The molecule has 1 aromatic carbocycles. The van der Waals surface area contributed by atoms with Gasteiger partial charge in [-0.1, -0.05) is 6.07 Å². The maximum absolute atomic E-state index is 13.8. The van der Waals surface area contributed by atoms with Crippen LogP contribution in [0.2, 0.25) is 0 Å². The average Bonchev–Trinajstić information content (AvgIpc) is 2.80. The zero-order valence-corrected chi connectivity index (χ0v) is 11.1. The molecule has 0 bridgehead atoms. The summed E-state index contributed by atoms with van der Waals surface area (Å²) in [4.78, 5) is 11.8. The second kappa shape index (κ2) is 6.01. The van der Waals surface area contributed by atoms with Crippen molar-refractivity contribution in [2.24, 2.45) is 5.92 Å². The Morgan fingerprint density at radius 3 is 2.62 bits per heavy atom. The van der Waals surface area contributed by atoms with Crippen LogP contribution in [0.15, 0.2) is 18.2 Å². The van der Waals surface area contributed by atoms with Crippen LogP contribution in [-0.4, -0.2) is 23.7 Å². The van der Waals surface area contributed by atoms with Crippen LogP contribution in [0.4, 0.5) is 17.6 Å². The van der Waals surface area contributed by atoms with Gasteiger partial charge < -0.3 is 10.4 Å². The molecule has 1 saturated carbocycles. The van der Waals surface area contributed by atoms with Gasteiger partial charge in [0.25, 0.3) is 5.91 Å². The third kappa shape index (κ3) is 3.72. The van der Waals surface area contributed by atoms with Gasteiger partial charge in [-0.15, -0.1) is 0 Å². The smallest absolute Gasteiger partial charge is 0.393 e. The molecular weight excluding hydrogens is 290 g/mol. The van der Waals surface area contributed by atoms with Crippen LogP contribution in [0.25, 0.3) is 0 Å². The number of halogens is 4. The second-order valence-corrected chi connectivity index (χ2v) is 5.21. The number of aliphatic hydroxyl groups is 1. The van der Waals surface area contributed by atoms with Crippen molar-refractivity contribution in [2.45, 2.75) is 31.5 Å². The Labute approximate surface area is 119 Å². The maximum Gasteiger partial charge on any atom is 0.419 e. The fourth-order valence-electron chi connectivity index (χ4n) is 2.49. The maximum atomic E-state index is 13.8. The van der Waals surface area contributed by atoms with E-state index in [-0.39, 0.29) is 12.5 Å². The van der Waals surface area contributed by atoms with Crippen LogP contribution in [-0.2, 0) is 6.18 Å². The van der Waals surface area contributed by atoms with Crippen molar-refractivity contribution in [2.75, 3.05) is 6.54 Å². The Bertz CT molecular complexity index is 530. The second-order valence-electron chi connectivity index (χ2n) is 5.21. The fraction of sp³-hybridized carbons (Fsp3) is 0.500. The number of benzene rings is 1. The number of amides is 1. The molecule has 2 atom stereocenters. The highest BCUT2D eigenvalue weighted by Gasteiger charge is 2.35. The van der Waals surface area contributed by atoms with Crippen LogP contribution in [0.3, 0.4) is 0 Å². The lowest BCUT2D eigenvalue weighted by atomic mass is 10.1. The molecular formula is C14H15F4NO2. The molecule has 21 heavy (non-hydrogen) atoms. The molecule has 7 heteroatoms. The summed E-state index contributed by atoms with van der Waals surface area (Å²) in [5, 5.41) is 11.8. The highest BCUT2D eigenvalue weighted by Crippen LogP contribution is 2.32. The molecule has 2 unspecified atom stereocenters. The number of hydrogen-bond acceptors (Lipinski definition) is 2. The number of alkyl halides is 3. The van der Waals surface area contributed by atoms with Crippen molar-refractivity contribution in [3.8, 4) is 0 Å². The lowest BCUT2D eigenvalue weighted by molar-refractivity contribution is -0.140. The molecule has 1 fully saturated rings. The Morgan fingerprint density at radius 1 is 1.33 bits per heavy atom. The summed E-state index contributed by atoms with van der Waals surface area (Å²) >= 11 is 0. The lowest BCUT2D eigenvalue weighted by Gasteiger charge is -2.13. The SMILES string of the molecule is O=C(NCC1CCC(O)C1)c1cccc(C(F)(F)F)c1F. The van der Waals surface area contributed by atoms with E-state index in [1.54, 1.807) is 0 Å². The van der Waals surface area contributed by atoms with Crippen molar-refractivity contribution in [3.63, 3.8) is 0 Å². The number of carbonyl (C=O) groups excluding carboxylic acids is 1. The van der Waals surface area contributed by atoms with E-state index in [4.69, 9.17) is 0 Å². The van der Waals surface area contributed by atoms with Gasteiger partial charge in [0.1, 0.15) is 5.82 Å². The molecule has 1 aliphatic carbocycles. The summed E-state index contributed by atoms with van der Waals surface area (Å²) in [5.74, 6) is -2.37.